The van der Waals surface area contributed by atoms with Gasteiger partial charge in [-0.2, -0.15) is 0 Å². The van der Waals surface area contributed by atoms with Crippen molar-refractivity contribution in [2.24, 2.45) is 0 Å². The van der Waals surface area contributed by atoms with Gasteiger partial charge in [-0.25, -0.2) is 4.79 Å². The Morgan fingerprint density at radius 1 is 1.12 bits per heavy atom. The van der Waals surface area contributed by atoms with Crippen molar-refractivity contribution < 1.29 is 19.1 Å². The zero-order valence-electron chi connectivity index (χ0n) is 13.8. The molecule has 7 heteroatoms. The van der Waals surface area contributed by atoms with Gasteiger partial charge in [-0.3, -0.25) is 4.79 Å². The number of carbonyl (C=O) groups is 2. The van der Waals surface area contributed by atoms with Crippen LogP contribution in [0.3, 0.4) is 0 Å². The smallest absolute Gasteiger partial charge is 0.342 e. The second-order valence-electron chi connectivity index (χ2n) is 5.14. The van der Waals surface area contributed by atoms with Crippen LogP contribution in [0.2, 0.25) is 10.0 Å². The Morgan fingerprint density at radius 2 is 1.80 bits per heavy atom. The van der Waals surface area contributed by atoms with E-state index in [-0.39, 0.29) is 28.8 Å². The number of methoxy groups -OCH3 is 1. The predicted molar refractivity (Wildman–Crippen MR) is 97.5 cm³/mol. The number of hydrogen-bond donors (Lipinski definition) is 1. The molecule has 0 heterocycles. The number of rotatable bonds is 6. The van der Waals surface area contributed by atoms with Crippen LogP contribution in [-0.4, -0.2) is 19.0 Å². The summed E-state index contributed by atoms with van der Waals surface area (Å²) in [6.45, 7) is 1.81. The van der Waals surface area contributed by atoms with E-state index in [9.17, 15) is 9.59 Å². The highest BCUT2D eigenvalue weighted by atomic mass is 35.5. The topological polar surface area (TPSA) is 64.6 Å². The lowest BCUT2D eigenvalue weighted by Gasteiger charge is -2.13. The Labute approximate surface area is 155 Å². The van der Waals surface area contributed by atoms with Crippen LogP contribution in [0.4, 0.5) is 5.69 Å². The molecule has 2 aromatic rings. The van der Waals surface area contributed by atoms with E-state index in [0.29, 0.717) is 17.1 Å². The van der Waals surface area contributed by atoms with Crippen LogP contribution in [0.1, 0.15) is 29.3 Å². The number of esters is 1. The number of nitrogens with one attached hydrogen (secondary N) is 1. The Hall–Kier alpha value is -2.24. The molecule has 0 aromatic heterocycles. The summed E-state index contributed by atoms with van der Waals surface area (Å²) in [4.78, 5) is 23.9. The zero-order chi connectivity index (χ0) is 18.4. The number of anilines is 1. The average Bonchev–Trinajstić information content (AvgIpc) is 2.62. The van der Waals surface area contributed by atoms with Crippen molar-refractivity contribution in [3.63, 3.8) is 0 Å². The fraction of sp³-hybridized carbons (Fsp3) is 0.222. The maximum absolute atomic E-state index is 12.3. The van der Waals surface area contributed by atoms with Gasteiger partial charge >= 0.3 is 5.97 Å². The van der Waals surface area contributed by atoms with Crippen molar-refractivity contribution in [1.29, 1.82) is 0 Å². The molecule has 2 rings (SSSR count). The third-order valence-corrected chi connectivity index (χ3v) is 3.95. The first-order valence-corrected chi connectivity index (χ1v) is 8.29. The minimum atomic E-state index is -0.581. The first-order valence-electron chi connectivity index (χ1n) is 7.53. The van der Waals surface area contributed by atoms with Crippen molar-refractivity contribution in [3.8, 4) is 5.75 Å². The summed E-state index contributed by atoms with van der Waals surface area (Å²) < 4.78 is 10.5. The van der Waals surface area contributed by atoms with Gasteiger partial charge in [-0.05, 0) is 23.8 Å². The Morgan fingerprint density at radius 3 is 2.40 bits per heavy atom. The van der Waals surface area contributed by atoms with E-state index in [1.807, 2.05) is 0 Å². The quantitative estimate of drug-likeness (QED) is 0.735. The van der Waals surface area contributed by atoms with Gasteiger partial charge in [0.15, 0.2) is 0 Å². The van der Waals surface area contributed by atoms with E-state index in [0.717, 1.165) is 5.56 Å². The minimum Gasteiger partial charge on any atom is -0.496 e. The molecule has 5 nitrogen and oxygen atoms in total. The average molecular weight is 382 g/mol. The Balaban J connectivity index is 2.16. The molecule has 1 amide bonds. The molecule has 0 unspecified atom stereocenters. The van der Waals surface area contributed by atoms with Gasteiger partial charge in [0, 0.05) is 17.5 Å². The Kier molecular flexibility index (Phi) is 6.67. The first kappa shape index (κ1) is 19.1. The van der Waals surface area contributed by atoms with Crippen LogP contribution in [0, 0.1) is 0 Å². The van der Waals surface area contributed by atoms with E-state index in [1.54, 1.807) is 31.2 Å². The maximum atomic E-state index is 12.3. The van der Waals surface area contributed by atoms with E-state index in [1.165, 1.54) is 19.2 Å². The highest BCUT2D eigenvalue weighted by Gasteiger charge is 2.18. The lowest BCUT2D eigenvalue weighted by atomic mass is 10.1. The molecule has 0 aliphatic rings. The highest BCUT2D eigenvalue weighted by Crippen LogP contribution is 2.31. The van der Waals surface area contributed by atoms with Gasteiger partial charge in [0.1, 0.15) is 17.9 Å². The van der Waals surface area contributed by atoms with E-state index in [4.69, 9.17) is 32.7 Å². The summed E-state index contributed by atoms with van der Waals surface area (Å²) in [7, 11) is 1.42. The molecule has 0 atom stereocenters. The zero-order valence-corrected chi connectivity index (χ0v) is 15.3. The molecule has 0 radical (unpaired) electrons. The second-order valence-corrected chi connectivity index (χ2v) is 5.98. The lowest BCUT2D eigenvalue weighted by molar-refractivity contribution is -0.115. The molecule has 0 aliphatic heterocycles. The van der Waals surface area contributed by atoms with Gasteiger partial charge in [-0.15, -0.1) is 0 Å². The van der Waals surface area contributed by atoms with Crippen molar-refractivity contribution >= 4 is 40.8 Å². The first-order chi connectivity index (χ1) is 11.9. The molecule has 132 valence electrons. The number of amides is 1. The fourth-order valence-corrected chi connectivity index (χ4v) is 2.36. The van der Waals surface area contributed by atoms with Crippen molar-refractivity contribution in [2.75, 3.05) is 12.4 Å². The molecule has 2 aromatic carbocycles. The Bertz CT molecular complexity index is 775. The van der Waals surface area contributed by atoms with Crippen LogP contribution in [0.25, 0.3) is 0 Å². The molecule has 0 fully saturated rings. The largest absolute Gasteiger partial charge is 0.496 e. The molecule has 0 spiro atoms. The van der Waals surface area contributed by atoms with Gasteiger partial charge in [0.05, 0.1) is 17.8 Å². The van der Waals surface area contributed by atoms with Gasteiger partial charge in [0.25, 0.3) is 0 Å². The standard InChI is InChI=1S/C18H17Cl2NO4/c1-3-17(22)21-15-9-16(24-2)13(8-14(15)20)18(23)25-10-11-4-6-12(19)7-5-11/h4-9H,3,10H2,1-2H3,(H,21,22). The number of benzene rings is 2. The van der Waals surface area contributed by atoms with Crippen LogP contribution >= 0.6 is 23.2 Å². The van der Waals surface area contributed by atoms with Crippen molar-refractivity contribution in [1.82, 2.24) is 0 Å². The summed E-state index contributed by atoms with van der Waals surface area (Å²) >= 11 is 12.0. The predicted octanol–water partition coefficient (Wildman–Crippen LogP) is 4.71. The summed E-state index contributed by atoms with van der Waals surface area (Å²) in [5.41, 5.74) is 1.35. The monoisotopic (exact) mass is 381 g/mol. The second kappa shape index (κ2) is 8.74. The van der Waals surface area contributed by atoms with E-state index < -0.39 is 5.97 Å². The lowest BCUT2D eigenvalue weighted by Crippen LogP contribution is -2.12. The maximum Gasteiger partial charge on any atom is 0.342 e. The number of halogens is 2. The molecule has 1 N–H and O–H groups in total. The van der Waals surface area contributed by atoms with Crippen LogP contribution in [0.5, 0.6) is 5.75 Å². The van der Waals surface area contributed by atoms with E-state index >= 15 is 0 Å². The third kappa shape index (κ3) is 5.11. The summed E-state index contributed by atoms with van der Waals surface area (Å²) in [6, 6.07) is 9.87. The summed E-state index contributed by atoms with van der Waals surface area (Å²) in [5.74, 6) is -0.513. The third-order valence-electron chi connectivity index (χ3n) is 3.39. The van der Waals surface area contributed by atoms with Crippen LogP contribution in [0.15, 0.2) is 36.4 Å². The number of ether oxygens (including phenoxy) is 2. The van der Waals surface area contributed by atoms with Gasteiger partial charge < -0.3 is 14.8 Å². The van der Waals surface area contributed by atoms with Crippen LogP contribution < -0.4 is 10.1 Å². The summed E-state index contributed by atoms with van der Waals surface area (Å²) in [6.07, 6.45) is 0.309. The highest BCUT2D eigenvalue weighted by molar-refractivity contribution is 6.34. The molecule has 0 bridgehead atoms. The van der Waals surface area contributed by atoms with Crippen LogP contribution in [-0.2, 0) is 16.1 Å². The molecule has 0 saturated heterocycles. The normalized spacial score (nSPS) is 10.2. The van der Waals surface area contributed by atoms with Gasteiger partial charge in [-0.1, -0.05) is 42.3 Å². The van der Waals surface area contributed by atoms with E-state index in [2.05, 4.69) is 5.32 Å². The van der Waals surface area contributed by atoms with Crippen molar-refractivity contribution in [3.05, 3.63) is 57.6 Å². The SMILES string of the molecule is CCC(=O)Nc1cc(OC)c(C(=O)OCc2ccc(Cl)cc2)cc1Cl. The molecular weight excluding hydrogens is 365 g/mol. The fourth-order valence-electron chi connectivity index (χ4n) is 2.02. The molecule has 25 heavy (non-hydrogen) atoms. The van der Waals surface area contributed by atoms with Gasteiger partial charge in [0.2, 0.25) is 5.91 Å². The summed E-state index contributed by atoms with van der Waals surface area (Å²) in [5, 5.41) is 3.48. The molecular formula is C18H17Cl2NO4. The number of carbonyl (C=O) groups excluding carboxylic acids is 2. The molecule has 0 saturated carbocycles. The van der Waals surface area contributed by atoms with Crippen molar-refractivity contribution in [2.45, 2.75) is 20.0 Å². The number of hydrogen-bond acceptors (Lipinski definition) is 4. The molecule has 0 aliphatic carbocycles. The minimum absolute atomic E-state index is 0.0884.